The molecule has 0 unspecified atom stereocenters. The maximum absolute atomic E-state index is 13.4. The van der Waals surface area contributed by atoms with Crippen molar-refractivity contribution >= 4 is 45.3 Å². The fraction of sp³-hybridized carbons (Fsp3) is 0.100. The Balaban J connectivity index is 2.03. The van der Waals surface area contributed by atoms with E-state index in [1.807, 2.05) is 6.07 Å². The first-order chi connectivity index (χ1) is 13.0. The summed E-state index contributed by atoms with van der Waals surface area (Å²) in [5.74, 6) is 3.46. The number of terminal acetylenes is 1. The number of aromatic nitrogens is 2. The molecular formula is C20H13FIN3O2. The van der Waals surface area contributed by atoms with Crippen molar-refractivity contribution in [3.8, 4) is 29.9 Å². The number of fused-ring (bicyclic) bond motifs is 1. The number of allylic oxidation sites excluding steroid dienone is 1. The SMILES string of the molecule is C#CCOc1c(I)cc(/C=C(/C#N)c2nc3ccc(F)cc3[nH]2)cc1OC. The van der Waals surface area contributed by atoms with E-state index in [1.54, 1.807) is 18.2 Å². The number of benzene rings is 2. The highest BCUT2D eigenvalue weighted by Crippen LogP contribution is 2.35. The van der Waals surface area contributed by atoms with E-state index in [2.05, 4.69) is 44.5 Å². The van der Waals surface area contributed by atoms with Crippen LogP contribution in [0.15, 0.2) is 30.3 Å². The molecule has 5 nitrogen and oxygen atoms in total. The number of nitrogens with zero attached hydrogens (tertiary/aromatic N) is 2. The Morgan fingerprint density at radius 1 is 1.41 bits per heavy atom. The Morgan fingerprint density at radius 2 is 2.22 bits per heavy atom. The van der Waals surface area contributed by atoms with Crippen LogP contribution in [0.3, 0.4) is 0 Å². The lowest BCUT2D eigenvalue weighted by molar-refractivity contribution is 0.328. The highest BCUT2D eigenvalue weighted by molar-refractivity contribution is 14.1. The van der Waals surface area contributed by atoms with Gasteiger partial charge in [0, 0.05) is 0 Å². The quantitative estimate of drug-likeness (QED) is 0.339. The van der Waals surface area contributed by atoms with Crippen LogP contribution in [0.2, 0.25) is 0 Å². The second-order valence-electron chi connectivity index (χ2n) is 5.44. The van der Waals surface area contributed by atoms with Gasteiger partial charge in [0.05, 0.1) is 27.3 Å². The molecule has 0 amide bonds. The van der Waals surface area contributed by atoms with Crippen molar-refractivity contribution in [3.63, 3.8) is 0 Å². The monoisotopic (exact) mass is 473 g/mol. The van der Waals surface area contributed by atoms with E-state index in [9.17, 15) is 9.65 Å². The highest BCUT2D eigenvalue weighted by Gasteiger charge is 2.13. The molecule has 0 aliphatic rings. The number of H-pyrrole nitrogens is 1. The van der Waals surface area contributed by atoms with Gasteiger partial charge in [0.1, 0.15) is 24.3 Å². The molecule has 7 heteroatoms. The number of methoxy groups -OCH3 is 1. The summed E-state index contributed by atoms with van der Waals surface area (Å²) >= 11 is 2.11. The van der Waals surface area contributed by atoms with Gasteiger partial charge >= 0.3 is 0 Å². The van der Waals surface area contributed by atoms with Gasteiger partial charge in [-0.05, 0) is 64.6 Å². The Kier molecular flexibility index (Phi) is 5.63. The molecule has 0 bridgehead atoms. The number of nitriles is 1. The molecule has 0 radical (unpaired) electrons. The zero-order chi connectivity index (χ0) is 19.4. The predicted octanol–water partition coefficient (Wildman–Crippen LogP) is 4.39. The largest absolute Gasteiger partial charge is 0.493 e. The van der Waals surface area contributed by atoms with Gasteiger partial charge in [-0.2, -0.15) is 5.26 Å². The lowest BCUT2D eigenvalue weighted by Crippen LogP contribution is -1.99. The van der Waals surface area contributed by atoms with Gasteiger partial charge in [0.2, 0.25) is 0 Å². The first-order valence-corrected chi connectivity index (χ1v) is 8.85. The van der Waals surface area contributed by atoms with Crippen LogP contribution in [0.25, 0.3) is 22.7 Å². The molecule has 3 rings (SSSR count). The number of halogens is 2. The third-order valence-corrected chi connectivity index (χ3v) is 4.48. The van der Waals surface area contributed by atoms with Crippen LogP contribution in [0.4, 0.5) is 4.39 Å². The van der Waals surface area contributed by atoms with Crippen molar-refractivity contribution in [2.45, 2.75) is 0 Å². The fourth-order valence-electron chi connectivity index (χ4n) is 2.51. The van der Waals surface area contributed by atoms with E-state index in [0.717, 1.165) is 9.13 Å². The Hall–Kier alpha value is -3.04. The summed E-state index contributed by atoms with van der Waals surface area (Å²) in [6.45, 7) is 0.126. The molecule has 2 aromatic carbocycles. The first-order valence-electron chi connectivity index (χ1n) is 7.77. The average Bonchev–Trinajstić information content (AvgIpc) is 3.07. The van der Waals surface area contributed by atoms with E-state index in [-0.39, 0.29) is 12.4 Å². The van der Waals surface area contributed by atoms with Gasteiger partial charge in [-0.25, -0.2) is 9.37 Å². The van der Waals surface area contributed by atoms with Gasteiger partial charge in [-0.1, -0.05) is 5.92 Å². The van der Waals surface area contributed by atoms with E-state index in [4.69, 9.17) is 15.9 Å². The summed E-state index contributed by atoms with van der Waals surface area (Å²) in [4.78, 5) is 7.32. The molecular weight excluding hydrogens is 460 g/mol. The topological polar surface area (TPSA) is 70.9 Å². The molecule has 1 aromatic heterocycles. The molecule has 0 aliphatic carbocycles. The van der Waals surface area contributed by atoms with Gasteiger partial charge in [-0.3, -0.25) is 0 Å². The van der Waals surface area contributed by atoms with Crippen LogP contribution in [-0.2, 0) is 0 Å². The number of nitrogens with one attached hydrogen (secondary N) is 1. The first kappa shape index (κ1) is 18.7. The van der Waals surface area contributed by atoms with Gasteiger partial charge in [-0.15, -0.1) is 6.42 Å². The summed E-state index contributed by atoms with van der Waals surface area (Å²) in [5.41, 5.74) is 2.14. The molecule has 0 saturated heterocycles. The smallest absolute Gasteiger partial charge is 0.175 e. The molecule has 0 atom stereocenters. The van der Waals surface area contributed by atoms with Crippen LogP contribution in [0.1, 0.15) is 11.4 Å². The second-order valence-corrected chi connectivity index (χ2v) is 6.61. The van der Waals surface area contributed by atoms with Gasteiger partial charge < -0.3 is 14.5 Å². The third kappa shape index (κ3) is 4.04. The minimum Gasteiger partial charge on any atom is -0.493 e. The van der Waals surface area contributed by atoms with Crippen molar-refractivity contribution < 1.29 is 13.9 Å². The zero-order valence-electron chi connectivity index (χ0n) is 14.2. The molecule has 1 N–H and O–H groups in total. The summed E-state index contributed by atoms with van der Waals surface area (Å²) < 4.78 is 25.0. The average molecular weight is 473 g/mol. The van der Waals surface area contributed by atoms with Crippen molar-refractivity contribution in [3.05, 3.63) is 51.1 Å². The molecule has 0 aliphatic heterocycles. The summed E-state index contributed by atoms with van der Waals surface area (Å²) in [5, 5.41) is 9.55. The highest BCUT2D eigenvalue weighted by atomic mass is 127. The number of imidazole rings is 1. The molecule has 3 aromatic rings. The zero-order valence-corrected chi connectivity index (χ0v) is 16.4. The van der Waals surface area contributed by atoms with Crippen LogP contribution >= 0.6 is 22.6 Å². The lowest BCUT2D eigenvalue weighted by Gasteiger charge is -2.12. The Labute approximate surface area is 169 Å². The van der Waals surface area contributed by atoms with Crippen molar-refractivity contribution in [1.29, 1.82) is 5.26 Å². The van der Waals surface area contributed by atoms with E-state index < -0.39 is 0 Å². The lowest BCUT2D eigenvalue weighted by atomic mass is 10.1. The van der Waals surface area contributed by atoms with E-state index >= 15 is 0 Å². The summed E-state index contributed by atoms with van der Waals surface area (Å²) in [7, 11) is 1.53. The van der Waals surface area contributed by atoms with E-state index in [1.165, 1.54) is 19.2 Å². The predicted molar refractivity (Wildman–Crippen MR) is 110 cm³/mol. The van der Waals surface area contributed by atoms with Gasteiger partial charge in [0.15, 0.2) is 11.5 Å². The molecule has 0 spiro atoms. The minimum atomic E-state index is -0.373. The Morgan fingerprint density at radius 3 is 2.93 bits per heavy atom. The van der Waals surface area contributed by atoms with Crippen LogP contribution in [0, 0.1) is 33.1 Å². The van der Waals surface area contributed by atoms with Crippen molar-refractivity contribution in [2.75, 3.05) is 13.7 Å². The van der Waals surface area contributed by atoms with Crippen molar-refractivity contribution in [1.82, 2.24) is 9.97 Å². The number of ether oxygens (including phenoxy) is 2. The standard InChI is InChI=1S/C20H13FIN3O2/c1-3-6-27-19-15(22)8-12(9-18(19)26-2)7-13(11-23)20-24-16-5-4-14(21)10-17(16)25-20/h1,4-5,7-10H,6H2,2H3,(H,24,25)/b13-7-. The number of aromatic amines is 1. The van der Waals surface area contributed by atoms with Crippen LogP contribution in [0.5, 0.6) is 11.5 Å². The maximum Gasteiger partial charge on any atom is 0.175 e. The number of rotatable bonds is 5. The van der Waals surface area contributed by atoms with Crippen LogP contribution in [-0.4, -0.2) is 23.7 Å². The number of hydrogen-bond donors (Lipinski definition) is 1. The maximum atomic E-state index is 13.4. The molecule has 0 fully saturated rings. The minimum absolute atomic E-state index is 0.126. The molecule has 27 heavy (non-hydrogen) atoms. The van der Waals surface area contributed by atoms with E-state index in [0.29, 0.717) is 33.9 Å². The Bertz CT molecular complexity index is 1120. The summed E-state index contributed by atoms with van der Waals surface area (Å²) in [6.07, 6.45) is 6.91. The molecule has 0 saturated carbocycles. The summed E-state index contributed by atoms with van der Waals surface area (Å²) in [6, 6.07) is 9.93. The normalized spacial score (nSPS) is 11.1. The molecule has 134 valence electrons. The van der Waals surface area contributed by atoms with Crippen molar-refractivity contribution in [2.24, 2.45) is 0 Å². The fourth-order valence-corrected chi connectivity index (χ4v) is 3.29. The van der Waals surface area contributed by atoms with Crippen LogP contribution < -0.4 is 9.47 Å². The number of hydrogen-bond acceptors (Lipinski definition) is 4. The third-order valence-electron chi connectivity index (χ3n) is 3.68. The van der Waals surface area contributed by atoms with Gasteiger partial charge in [0.25, 0.3) is 0 Å². The molecule has 1 heterocycles. The second kappa shape index (κ2) is 8.11.